The Labute approximate surface area is 171 Å². The van der Waals surface area contributed by atoms with Gasteiger partial charge in [0, 0.05) is 28.8 Å². The Morgan fingerprint density at radius 2 is 1.90 bits per heavy atom. The number of benzene rings is 2. The molecule has 0 spiro atoms. The predicted octanol–water partition coefficient (Wildman–Crippen LogP) is 5.38. The molecule has 0 N–H and O–H groups in total. The molecule has 0 unspecified atom stereocenters. The van der Waals surface area contributed by atoms with Gasteiger partial charge in [-0.05, 0) is 37.1 Å². The van der Waals surface area contributed by atoms with Crippen molar-refractivity contribution in [3.63, 3.8) is 0 Å². The minimum absolute atomic E-state index is 0.337. The second-order valence-corrected chi connectivity index (χ2v) is 7.92. The maximum atomic E-state index is 12.6. The maximum Gasteiger partial charge on any atom is 0.346 e. The van der Waals surface area contributed by atoms with Crippen molar-refractivity contribution in [1.29, 1.82) is 0 Å². The van der Waals surface area contributed by atoms with Crippen molar-refractivity contribution in [2.24, 2.45) is 0 Å². The fraction of sp³-hybridized carbons (Fsp3) is 0.174. The second kappa shape index (κ2) is 7.64. The lowest BCUT2D eigenvalue weighted by atomic mass is 10.1. The number of thiazole rings is 1. The van der Waals surface area contributed by atoms with Crippen LogP contribution in [0.4, 0.5) is 0 Å². The number of aryl methyl sites for hydroxylation is 2. The highest BCUT2D eigenvalue weighted by molar-refractivity contribution is 7.15. The SMILES string of the molecule is CCc1ccc(-c2nc(-c3cc4ccc(OC(C)=O)cc4oc3=O)sc2C)cc1. The molecule has 0 aliphatic carbocycles. The van der Waals surface area contributed by atoms with Crippen molar-refractivity contribution >= 4 is 28.3 Å². The fourth-order valence-corrected chi connectivity index (χ4v) is 4.09. The quantitative estimate of drug-likeness (QED) is 0.259. The van der Waals surface area contributed by atoms with E-state index in [9.17, 15) is 9.59 Å². The Morgan fingerprint density at radius 3 is 2.59 bits per heavy atom. The Hall–Kier alpha value is -3.25. The molecule has 146 valence electrons. The van der Waals surface area contributed by atoms with E-state index >= 15 is 0 Å². The van der Waals surface area contributed by atoms with Gasteiger partial charge in [0.25, 0.3) is 0 Å². The van der Waals surface area contributed by atoms with E-state index in [1.165, 1.54) is 29.9 Å². The highest BCUT2D eigenvalue weighted by Gasteiger charge is 2.16. The average Bonchev–Trinajstić information content (AvgIpc) is 3.08. The van der Waals surface area contributed by atoms with Crippen molar-refractivity contribution in [3.05, 3.63) is 69.4 Å². The molecule has 0 aliphatic rings. The number of carbonyl (C=O) groups is 1. The van der Waals surface area contributed by atoms with Crippen molar-refractivity contribution < 1.29 is 13.9 Å². The molecule has 4 rings (SSSR count). The van der Waals surface area contributed by atoms with Crippen LogP contribution in [0.15, 0.2) is 57.7 Å². The second-order valence-electron chi connectivity index (χ2n) is 6.72. The zero-order valence-corrected chi connectivity index (χ0v) is 17.1. The number of rotatable bonds is 4. The lowest BCUT2D eigenvalue weighted by Gasteiger charge is -2.03. The molecule has 0 bridgehead atoms. The van der Waals surface area contributed by atoms with Crippen LogP contribution in [0.1, 0.15) is 24.3 Å². The largest absolute Gasteiger partial charge is 0.427 e. The molecule has 6 heteroatoms. The summed E-state index contributed by atoms with van der Waals surface area (Å²) in [5, 5.41) is 1.36. The van der Waals surface area contributed by atoms with Gasteiger partial charge in [0.15, 0.2) is 0 Å². The minimum atomic E-state index is -0.473. The lowest BCUT2D eigenvalue weighted by Crippen LogP contribution is -2.04. The number of hydrogen-bond donors (Lipinski definition) is 0. The summed E-state index contributed by atoms with van der Waals surface area (Å²) in [6.45, 7) is 5.44. The van der Waals surface area contributed by atoms with Crippen molar-refractivity contribution in [2.75, 3.05) is 0 Å². The zero-order chi connectivity index (χ0) is 20.5. The Balaban J connectivity index is 1.75. The van der Waals surface area contributed by atoms with Crippen LogP contribution in [-0.4, -0.2) is 11.0 Å². The molecule has 0 radical (unpaired) electrons. The predicted molar refractivity (Wildman–Crippen MR) is 114 cm³/mol. The molecule has 0 saturated heterocycles. The van der Waals surface area contributed by atoms with E-state index in [1.807, 2.05) is 6.92 Å². The molecule has 0 amide bonds. The summed E-state index contributed by atoms with van der Waals surface area (Å²) in [6.07, 6.45) is 0.985. The molecule has 4 aromatic rings. The lowest BCUT2D eigenvalue weighted by molar-refractivity contribution is -0.131. The highest BCUT2D eigenvalue weighted by Crippen LogP contribution is 2.33. The number of aromatic nitrogens is 1. The summed E-state index contributed by atoms with van der Waals surface area (Å²) in [5.41, 5.74) is 3.48. The third kappa shape index (κ3) is 3.84. The number of hydrogen-bond acceptors (Lipinski definition) is 6. The van der Waals surface area contributed by atoms with E-state index in [0.29, 0.717) is 21.9 Å². The molecule has 2 aromatic heterocycles. The standard InChI is InChI=1S/C23H19NO4S/c1-4-15-5-7-16(8-6-15)21-13(2)29-22(24-21)19-11-17-9-10-18(27-14(3)25)12-20(17)28-23(19)26/h5-12H,4H2,1-3H3. The molecule has 29 heavy (non-hydrogen) atoms. The first kappa shape index (κ1) is 19.1. The molecular weight excluding hydrogens is 386 g/mol. The molecular formula is C23H19NO4S. The van der Waals surface area contributed by atoms with Crippen LogP contribution >= 0.6 is 11.3 Å². The normalized spacial score (nSPS) is 11.0. The number of nitrogens with zero attached hydrogens (tertiary/aromatic N) is 1. The van der Waals surface area contributed by atoms with Crippen LogP contribution in [0.25, 0.3) is 32.8 Å². The fourth-order valence-electron chi connectivity index (χ4n) is 3.15. The summed E-state index contributed by atoms with van der Waals surface area (Å²) in [4.78, 5) is 29.5. The van der Waals surface area contributed by atoms with Crippen molar-refractivity contribution in [2.45, 2.75) is 27.2 Å². The summed E-state index contributed by atoms with van der Waals surface area (Å²) in [6, 6.07) is 15.0. The Kier molecular flexibility index (Phi) is 5.03. The van der Waals surface area contributed by atoms with Crippen LogP contribution in [-0.2, 0) is 11.2 Å². The van der Waals surface area contributed by atoms with Gasteiger partial charge in [0.1, 0.15) is 16.3 Å². The van der Waals surface area contributed by atoms with Gasteiger partial charge >= 0.3 is 11.6 Å². The molecule has 0 atom stereocenters. The van der Waals surface area contributed by atoms with E-state index < -0.39 is 11.6 Å². The first-order valence-corrected chi connectivity index (χ1v) is 10.1. The van der Waals surface area contributed by atoms with Crippen molar-refractivity contribution in [3.8, 4) is 27.6 Å². The first-order chi connectivity index (χ1) is 13.9. The number of esters is 1. The van der Waals surface area contributed by atoms with Gasteiger partial charge in [-0.2, -0.15) is 0 Å². The van der Waals surface area contributed by atoms with Crippen molar-refractivity contribution in [1.82, 2.24) is 4.98 Å². The van der Waals surface area contributed by atoms with Gasteiger partial charge in [-0.1, -0.05) is 31.2 Å². The van der Waals surface area contributed by atoms with Crippen LogP contribution < -0.4 is 10.4 Å². The summed E-state index contributed by atoms with van der Waals surface area (Å²) < 4.78 is 10.5. The van der Waals surface area contributed by atoms with E-state index in [2.05, 4.69) is 31.2 Å². The molecule has 2 aromatic carbocycles. The number of carbonyl (C=O) groups excluding carboxylic acids is 1. The smallest absolute Gasteiger partial charge is 0.346 e. The van der Waals surface area contributed by atoms with Gasteiger partial charge in [-0.25, -0.2) is 9.78 Å². The van der Waals surface area contributed by atoms with Crippen LogP contribution in [0.5, 0.6) is 5.75 Å². The van der Waals surface area contributed by atoms with Crippen LogP contribution in [0.3, 0.4) is 0 Å². The summed E-state index contributed by atoms with van der Waals surface area (Å²) in [7, 11) is 0. The van der Waals surface area contributed by atoms with E-state index in [0.717, 1.165) is 27.9 Å². The van der Waals surface area contributed by atoms with Gasteiger partial charge in [0.05, 0.1) is 11.3 Å². The minimum Gasteiger partial charge on any atom is -0.427 e. The average molecular weight is 405 g/mol. The monoisotopic (exact) mass is 405 g/mol. The number of ether oxygens (including phenoxy) is 1. The summed E-state index contributed by atoms with van der Waals surface area (Å²) in [5.74, 6) is -0.0927. The third-order valence-electron chi connectivity index (χ3n) is 4.63. The Morgan fingerprint density at radius 1 is 1.14 bits per heavy atom. The number of fused-ring (bicyclic) bond motifs is 1. The first-order valence-electron chi connectivity index (χ1n) is 9.28. The van der Waals surface area contributed by atoms with E-state index in [1.54, 1.807) is 18.2 Å². The van der Waals surface area contributed by atoms with Crippen LogP contribution in [0.2, 0.25) is 0 Å². The van der Waals surface area contributed by atoms with Gasteiger partial charge in [0.2, 0.25) is 0 Å². The maximum absolute atomic E-state index is 12.6. The zero-order valence-electron chi connectivity index (χ0n) is 16.3. The topological polar surface area (TPSA) is 69.4 Å². The Bertz CT molecular complexity index is 1270. The summed E-state index contributed by atoms with van der Waals surface area (Å²) >= 11 is 1.47. The third-order valence-corrected chi connectivity index (χ3v) is 5.64. The van der Waals surface area contributed by atoms with Gasteiger partial charge in [-0.15, -0.1) is 11.3 Å². The van der Waals surface area contributed by atoms with Crippen LogP contribution in [0, 0.1) is 6.92 Å². The van der Waals surface area contributed by atoms with Gasteiger partial charge in [-0.3, -0.25) is 4.79 Å². The molecule has 5 nitrogen and oxygen atoms in total. The molecule has 0 saturated carbocycles. The highest BCUT2D eigenvalue weighted by atomic mass is 32.1. The van der Waals surface area contributed by atoms with Gasteiger partial charge < -0.3 is 9.15 Å². The molecule has 0 fully saturated rings. The molecule has 0 aliphatic heterocycles. The van der Waals surface area contributed by atoms with E-state index in [4.69, 9.17) is 14.1 Å². The molecule has 2 heterocycles. The van der Waals surface area contributed by atoms with E-state index in [-0.39, 0.29) is 0 Å².